The standard InChI is InChI=1S/C17H19N3O4/c1-12-2-4-13(5-3-12)17(24)7-9-19(11-17)15(21)10-20-8-6-14(18-20)16(22)23/h2-6,8,24H,7,9-11H2,1H3,(H,22,23). The molecule has 1 aliphatic rings. The number of aromatic nitrogens is 2. The van der Waals surface area contributed by atoms with Gasteiger partial charge in [-0.3, -0.25) is 9.48 Å². The van der Waals surface area contributed by atoms with Crippen molar-refractivity contribution in [2.24, 2.45) is 0 Å². The molecule has 1 fully saturated rings. The molecule has 2 N–H and O–H groups in total. The summed E-state index contributed by atoms with van der Waals surface area (Å²) in [5, 5.41) is 23.5. The number of aromatic carboxylic acids is 1. The number of carboxylic acids is 1. The maximum Gasteiger partial charge on any atom is 0.356 e. The Morgan fingerprint density at radius 1 is 1.25 bits per heavy atom. The van der Waals surface area contributed by atoms with Gasteiger partial charge in [0.2, 0.25) is 5.91 Å². The Morgan fingerprint density at radius 2 is 1.96 bits per heavy atom. The number of carboxylic acid groups (broad SMARTS) is 1. The predicted molar refractivity (Wildman–Crippen MR) is 85.5 cm³/mol. The van der Waals surface area contributed by atoms with Gasteiger partial charge in [-0.2, -0.15) is 5.10 Å². The van der Waals surface area contributed by atoms with Gasteiger partial charge in [-0.15, -0.1) is 0 Å². The number of aryl methyl sites for hydroxylation is 1. The van der Waals surface area contributed by atoms with Crippen molar-refractivity contribution in [2.75, 3.05) is 13.1 Å². The van der Waals surface area contributed by atoms with Crippen LogP contribution in [0.3, 0.4) is 0 Å². The van der Waals surface area contributed by atoms with Gasteiger partial charge in [0.15, 0.2) is 5.69 Å². The van der Waals surface area contributed by atoms with E-state index in [0.717, 1.165) is 11.1 Å². The molecule has 0 spiro atoms. The van der Waals surface area contributed by atoms with Gasteiger partial charge in [-0.05, 0) is 25.0 Å². The molecule has 7 nitrogen and oxygen atoms in total. The number of nitrogens with zero attached hydrogens (tertiary/aromatic N) is 3. The van der Waals surface area contributed by atoms with Crippen molar-refractivity contribution in [3.05, 3.63) is 53.3 Å². The quantitative estimate of drug-likeness (QED) is 0.873. The second kappa shape index (κ2) is 6.09. The monoisotopic (exact) mass is 329 g/mol. The number of amides is 1. The summed E-state index contributed by atoms with van der Waals surface area (Å²) in [4.78, 5) is 24.8. The van der Waals surface area contributed by atoms with Crippen LogP contribution in [0.2, 0.25) is 0 Å². The number of rotatable bonds is 4. The van der Waals surface area contributed by atoms with E-state index in [1.807, 2.05) is 31.2 Å². The van der Waals surface area contributed by atoms with Crippen molar-refractivity contribution in [1.29, 1.82) is 0 Å². The molecular weight excluding hydrogens is 310 g/mol. The van der Waals surface area contributed by atoms with Crippen LogP contribution in [-0.2, 0) is 16.9 Å². The minimum absolute atomic E-state index is 0.0444. The van der Waals surface area contributed by atoms with E-state index in [2.05, 4.69) is 5.10 Å². The van der Waals surface area contributed by atoms with E-state index in [4.69, 9.17) is 5.11 Å². The van der Waals surface area contributed by atoms with E-state index >= 15 is 0 Å². The summed E-state index contributed by atoms with van der Waals surface area (Å²) >= 11 is 0. The molecular formula is C17H19N3O4. The van der Waals surface area contributed by atoms with Crippen LogP contribution in [-0.4, -0.2) is 49.9 Å². The lowest BCUT2D eigenvalue weighted by Gasteiger charge is -2.24. The van der Waals surface area contributed by atoms with Crippen molar-refractivity contribution >= 4 is 11.9 Å². The number of likely N-dealkylation sites (tertiary alicyclic amines) is 1. The van der Waals surface area contributed by atoms with Crippen LogP contribution in [0.1, 0.15) is 28.0 Å². The molecule has 2 aromatic rings. The van der Waals surface area contributed by atoms with Crippen molar-refractivity contribution in [3.8, 4) is 0 Å². The molecule has 126 valence electrons. The van der Waals surface area contributed by atoms with Gasteiger partial charge in [0.1, 0.15) is 12.1 Å². The van der Waals surface area contributed by atoms with Crippen LogP contribution >= 0.6 is 0 Å². The largest absolute Gasteiger partial charge is 0.476 e. The summed E-state index contributed by atoms with van der Waals surface area (Å²) in [6.45, 7) is 2.61. The summed E-state index contributed by atoms with van der Waals surface area (Å²) in [7, 11) is 0. The minimum atomic E-state index is -1.13. The molecule has 1 aromatic carbocycles. The van der Waals surface area contributed by atoms with E-state index < -0.39 is 11.6 Å². The maximum atomic E-state index is 12.4. The highest BCUT2D eigenvalue weighted by Gasteiger charge is 2.39. The van der Waals surface area contributed by atoms with Crippen LogP contribution in [0, 0.1) is 6.92 Å². The fourth-order valence-electron chi connectivity index (χ4n) is 2.91. The van der Waals surface area contributed by atoms with Gasteiger partial charge in [0.25, 0.3) is 0 Å². The molecule has 1 atom stereocenters. The van der Waals surface area contributed by atoms with E-state index in [-0.39, 0.29) is 24.7 Å². The number of hydrogen-bond acceptors (Lipinski definition) is 4. The molecule has 0 bridgehead atoms. The first-order chi connectivity index (χ1) is 11.4. The fourth-order valence-corrected chi connectivity index (χ4v) is 2.91. The zero-order valence-corrected chi connectivity index (χ0v) is 13.3. The van der Waals surface area contributed by atoms with Crippen LogP contribution in [0.5, 0.6) is 0 Å². The molecule has 2 heterocycles. The van der Waals surface area contributed by atoms with Crippen LogP contribution in [0.4, 0.5) is 0 Å². The van der Waals surface area contributed by atoms with E-state index in [1.54, 1.807) is 4.90 Å². The van der Waals surface area contributed by atoms with Crippen LogP contribution < -0.4 is 0 Å². The molecule has 24 heavy (non-hydrogen) atoms. The first kappa shape index (κ1) is 16.2. The number of hydrogen-bond donors (Lipinski definition) is 2. The third-order valence-corrected chi connectivity index (χ3v) is 4.35. The zero-order valence-electron chi connectivity index (χ0n) is 13.3. The summed E-state index contributed by atoms with van der Waals surface area (Å²) in [6.07, 6.45) is 1.94. The molecule has 3 rings (SSSR count). The lowest BCUT2D eigenvalue weighted by atomic mass is 9.92. The van der Waals surface area contributed by atoms with E-state index in [0.29, 0.717) is 13.0 Å². The summed E-state index contributed by atoms with van der Waals surface area (Å²) in [5.41, 5.74) is 0.775. The number of benzene rings is 1. The lowest BCUT2D eigenvalue weighted by molar-refractivity contribution is -0.132. The SMILES string of the molecule is Cc1ccc(C2(O)CCN(C(=O)Cn3ccc(C(=O)O)n3)C2)cc1. The van der Waals surface area contributed by atoms with Gasteiger partial charge in [-0.1, -0.05) is 29.8 Å². The van der Waals surface area contributed by atoms with Gasteiger partial charge in [0.05, 0.1) is 6.54 Å². The Kier molecular flexibility index (Phi) is 4.11. The Balaban J connectivity index is 1.66. The fraction of sp³-hybridized carbons (Fsp3) is 0.353. The van der Waals surface area contributed by atoms with Crippen molar-refractivity contribution in [1.82, 2.24) is 14.7 Å². The highest BCUT2D eigenvalue weighted by molar-refractivity contribution is 5.85. The number of β-amino-alcohol motifs (C(OH)–C–C–N with tert-alkyl or cyclic N) is 1. The summed E-state index contributed by atoms with van der Waals surface area (Å²) in [5.74, 6) is -1.32. The third kappa shape index (κ3) is 3.16. The molecule has 1 aliphatic heterocycles. The topological polar surface area (TPSA) is 95.7 Å². The first-order valence-corrected chi connectivity index (χ1v) is 7.71. The van der Waals surface area contributed by atoms with E-state index in [1.165, 1.54) is 16.9 Å². The van der Waals surface area contributed by atoms with Crippen molar-refractivity contribution in [3.63, 3.8) is 0 Å². The summed E-state index contributed by atoms with van der Waals surface area (Å²) in [6, 6.07) is 9.00. The van der Waals surface area contributed by atoms with Crippen LogP contribution in [0.25, 0.3) is 0 Å². The average molecular weight is 329 g/mol. The first-order valence-electron chi connectivity index (χ1n) is 7.71. The highest BCUT2D eigenvalue weighted by Crippen LogP contribution is 2.32. The minimum Gasteiger partial charge on any atom is -0.476 e. The number of carbonyl (C=O) groups is 2. The molecule has 1 amide bonds. The maximum absolute atomic E-state index is 12.4. The number of carbonyl (C=O) groups excluding carboxylic acids is 1. The zero-order chi connectivity index (χ0) is 17.3. The van der Waals surface area contributed by atoms with Gasteiger partial charge >= 0.3 is 5.97 Å². The van der Waals surface area contributed by atoms with Gasteiger partial charge in [-0.25, -0.2) is 4.79 Å². The average Bonchev–Trinajstić information content (AvgIpc) is 3.16. The second-order valence-corrected chi connectivity index (χ2v) is 6.17. The Hall–Kier alpha value is -2.67. The molecule has 0 radical (unpaired) electrons. The second-order valence-electron chi connectivity index (χ2n) is 6.17. The molecule has 0 aliphatic carbocycles. The van der Waals surface area contributed by atoms with E-state index in [9.17, 15) is 14.7 Å². The van der Waals surface area contributed by atoms with Gasteiger partial charge in [0, 0.05) is 12.7 Å². The number of aliphatic hydroxyl groups is 1. The van der Waals surface area contributed by atoms with Gasteiger partial charge < -0.3 is 15.1 Å². The highest BCUT2D eigenvalue weighted by atomic mass is 16.4. The third-order valence-electron chi connectivity index (χ3n) is 4.35. The van der Waals surface area contributed by atoms with Crippen molar-refractivity contribution in [2.45, 2.75) is 25.5 Å². The Labute approximate surface area is 139 Å². The smallest absolute Gasteiger partial charge is 0.356 e. The van der Waals surface area contributed by atoms with Crippen LogP contribution in [0.15, 0.2) is 36.5 Å². The normalized spacial score (nSPS) is 20.3. The Bertz CT molecular complexity index is 768. The molecule has 7 heteroatoms. The molecule has 1 aromatic heterocycles. The van der Waals surface area contributed by atoms with Crippen molar-refractivity contribution < 1.29 is 19.8 Å². The molecule has 1 unspecified atom stereocenters. The molecule has 0 saturated carbocycles. The summed E-state index contributed by atoms with van der Waals surface area (Å²) < 4.78 is 1.30. The lowest BCUT2D eigenvalue weighted by Crippen LogP contribution is -2.36. The predicted octanol–water partition coefficient (Wildman–Crippen LogP) is 1.01. The molecule has 1 saturated heterocycles. The Morgan fingerprint density at radius 3 is 2.58 bits per heavy atom.